The molecule has 0 spiro atoms. The van der Waals surface area contributed by atoms with Crippen LogP contribution in [0.3, 0.4) is 0 Å². The summed E-state index contributed by atoms with van der Waals surface area (Å²) in [4.78, 5) is 29.3. The van der Waals surface area contributed by atoms with Crippen molar-refractivity contribution in [3.05, 3.63) is 45.3 Å². The van der Waals surface area contributed by atoms with Gasteiger partial charge in [-0.1, -0.05) is 13.3 Å². The molecule has 3 rings (SSSR count). The predicted octanol–water partition coefficient (Wildman–Crippen LogP) is 4.51. The van der Waals surface area contributed by atoms with Crippen molar-refractivity contribution in [2.24, 2.45) is 0 Å². The minimum atomic E-state index is -0.753. The second kappa shape index (κ2) is 8.56. The molecule has 0 aliphatic heterocycles. The van der Waals surface area contributed by atoms with Crippen LogP contribution in [0.1, 0.15) is 38.4 Å². The molecule has 0 fully saturated rings. The third-order valence-corrected chi connectivity index (χ3v) is 5.24. The van der Waals surface area contributed by atoms with Gasteiger partial charge in [0.2, 0.25) is 5.43 Å². The number of nitrogens with zero attached hydrogens (tertiary/aromatic N) is 1. The van der Waals surface area contributed by atoms with E-state index in [-0.39, 0.29) is 5.43 Å². The Kier molecular flexibility index (Phi) is 6.14. The lowest BCUT2D eigenvalue weighted by atomic mass is 10.0. The van der Waals surface area contributed by atoms with Gasteiger partial charge in [-0.25, -0.2) is 9.78 Å². The molecule has 2 heterocycles. The molecule has 1 atom stereocenters. The number of benzene rings is 1. The van der Waals surface area contributed by atoms with Crippen LogP contribution in [-0.4, -0.2) is 23.7 Å². The molecule has 3 aromatic rings. The number of rotatable bonds is 7. The normalized spacial score (nSPS) is 12.1. The number of thiazole rings is 1. The van der Waals surface area contributed by atoms with Crippen LogP contribution < -0.4 is 10.2 Å². The van der Waals surface area contributed by atoms with Gasteiger partial charge in [-0.2, -0.15) is 0 Å². The summed E-state index contributed by atoms with van der Waals surface area (Å²) in [6.45, 7) is 7.61. The molecule has 0 aliphatic carbocycles. The van der Waals surface area contributed by atoms with Gasteiger partial charge in [-0.15, -0.1) is 11.3 Å². The molecule has 0 bridgehead atoms. The molecule has 1 aromatic carbocycles. The van der Waals surface area contributed by atoms with E-state index in [0.717, 1.165) is 17.7 Å². The number of fused-ring (bicyclic) bond motifs is 1. The fourth-order valence-electron chi connectivity index (χ4n) is 2.90. The summed E-state index contributed by atoms with van der Waals surface area (Å²) >= 11 is 1.41. The van der Waals surface area contributed by atoms with Crippen molar-refractivity contribution in [3.63, 3.8) is 0 Å². The summed E-state index contributed by atoms with van der Waals surface area (Å²) in [5, 5.41) is 3.02. The summed E-state index contributed by atoms with van der Waals surface area (Å²) in [6.07, 6.45) is 2.26. The molecular weight excluding hydrogens is 378 g/mol. The third kappa shape index (κ3) is 4.09. The number of carbonyl (C=O) groups excluding carboxylic acids is 1. The zero-order chi connectivity index (χ0) is 20.3. The molecule has 0 N–H and O–H groups in total. The van der Waals surface area contributed by atoms with Crippen molar-refractivity contribution in [3.8, 4) is 16.3 Å². The first-order valence-electron chi connectivity index (χ1n) is 9.28. The Labute approximate surface area is 167 Å². The van der Waals surface area contributed by atoms with Crippen molar-refractivity contribution in [2.45, 2.75) is 46.6 Å². The van der Waals surface area contributed by atoms with Gasteiger partial charge in [0.15, 0.2) is 6.10 Å². The van der Waals surface area contributed by atoms with Gasteiger partial charge < -0.3 is 13.9 Å². The quantitative estimate of drug-likeness (QED) is 0.542. The van der Waals surface area contributed by atoms with Crippen LogP contribution >= 0.6 is 11.3 Å². The van der Waals surface area contributed by atoms with Gasteiger partial charge in [-0.3, -0.25) is 4.79 Å². The van der Waals surface area contributed by atoms with Crippen molar-refractivity contribution < 1.29 is 18.7 Å². The van der Waals surface area contributed by atoms with E-state index in [4.69, 9.17) is 13.9 Å². The Bertz CT molecular complexity index is 1050. The van der Waals surface area contributed by atoms with Crippen LogP contribution in [0.25, 0.3) is 21.5 Å². The van der Waals surface area contributed by atoms with Crippen molar-refractivity contribution in [1.82, 2.24) is 4.98 Å². The summed E-state index contributed by atoms with van der Waals surface area (Å²) < 4.78 is 16.6. The first kappa shape index (κ1) is 20.1. The number of carbonyl (C=O) groups is 1. The van der Waals surface area contributed by atoms with Crippen LogP contribution in [0.5, 0.6) is 5.75 Å². The lowest BCUT2D eigenvalue weighted by Crippen LogP contribution is -2.26. The summed E-state index contributed by atoms with van der Waals surface area (Å²) in [7, 11) is 0. The van der Waals surface area contributed by atoms with Crippen LogP contribution in [0.15, 0.2) is 33.0 Å². The van der Waals surface area contributed by atoms with E-state index in [2.05, 4.69) is 4.98 Å². The van der Waals surface area contributed by atoms with E-state index >= 15 is 0 Å². The van der Waals surface area contributed by atoms with Gasteiger partial charge in [0, 0.05) is 17.1 Å². The van der Waals surface area contributed by atoms with Gasteiger partial charge in [0.1, 0.15) is 22.6 Å². The summed E-state index contributed by atoms with van der Waals surface area (Å²) in [5.74, 6) is 0.0943. The number of hydrogen-bond donors (Lipinski definition) is 0. The SMILES string of the molecule is CCCc1cc2c(=O)c(-c3nc(C)cs3)coc2cc1OC(C)C(=O)OCC. The molecule has 0 saturated carbocycles. The van der Waals surface area contributed by atoms with E-state index in [1.807, 2.05) is 19.2 Å². The fraction of sp³-hybridized carbons (Fsp3) is 0.381. The molecule has 148 valence electrons. The van der Waals surface area contributed by atoms with Gasteiger partial charge >= 0.3 is 5.97 Å². The van der Waals surface area contributed by atoms with Crippen LogP contribution in [0, 0.1) is 6.92 Å². The minimum Gasteiger partial charge on any atom is -0.479 e. The topological polar surface area (TPSA) is 78.6 Å². The number of esters is 1. The molecule has 0 amide bonds. The number of aromatic nitrogens is 1. The molecule has 0 aliphatic rings. The van der Waals surface area contributed by atoms with E-state index in [0.29, 0.717) is 40.3 Å². The average molecular weight is 401 g/mol. The number of ether oxygens (including phenoxy) is 2. The average Bonchev–Trinajstić information content (AvgIpc) is 3.09. The molecule has 1 unspecified atom stereocenters. The Morgan fingerprint density at radius 3 is 2.75 bits per heavy atom. The highest BCUT2D eigenvalue weighted by Crippen LogP contribution is 2.29. The van der Waals surface area contributed by atoms with Crippen molar-refractivity contribution in [2.75, 3.05) is 6.61 Å². The van der Waals surface area contributed by atoms with Crippen molar-refractivity contribution in [1.29, 1.82) is 0 Å². The van der Waals surface area contributed by atoms with Gasteiger partial charge in [-0.05, 0) is 38.8 Å². The molecule has 0 radical (unpaired) electrons. The third-order valence-electron chi connectivity index (χ3n) is 4.25. The largest absolute Gasteiger partial charge is 0.479 e. The zero-order valence-corrected chi connectivity index (χ0v) is 17.2. The van der Waals surface area contributed by atoms with E-state index in [1.165, 1.54) is 17.6 Å². The number of aryl methyl sites for hydroxylation is 2. The lowest BCUT2D eigenvalue weighted by Gasteiger charge is -2.17. The van der Waals surface area contributed by atoms with Crippen molar-refractivity contribution >= 4 is 28.3 Å². The highest BCUT2D eigenvalue weighted by molar-refractivity contribution is 7.13. The summed E-state index contributed by atoms with van der Waals surface area (Å²) in [5.41, 5.74) is 2.45. The maximum absolute atomic E-state index is 13.0. The minimum absolute atomic E-state index is 0.127. The second-order valence-corrected chi connectivity index (χ2v) is 7.35. The standard InChI is InChI=1S/C21H23NO5S/c1-5-7-14-8-15-18(9-17(14)27-13(4)21(24)25-6-2)26-10-16(19(15)23)20-22-12(3)11-28-20/h8-11,13H,5-7H2,1-4H3. The molecule has 6 nitrogen and oxygen atoms in total. The Balaban J connectivity index is 2.05. The summed E-state index contributed by atoms with van der Waals surface area (Å²) in [6, 6.07) is 3.47. The first-order valence-corrected chi connectivity index (χ1v) is 10.2. The smallest absolute Gasteiger partial charge is 0.347 e. The monoisotopic (exact) mass is 401 g/mol. The zero-order valence-electron chi connectivity index (χ0n) is 16.4. The highest BCUT2D eigenvalue weighted by Gasteiger charge is 2.20. The van der Waals surface area contributed by atoms with E-state index < -0.39 is 12.1 Å². The Hall–Kier alpha value is -2.67. The van der Waals surface area contributed by atoms with E-state index in [1.54, 1.807) is 26.0 Å². The second-order valence-electron chi connectivity index (χ2n) is 6.49. The highest BCUT2D eigenvalue weighted by atomic mass is 32.1. The van der Waals surface area contributed by atoms with Gasteiger partial charge in [0.05, 0.1) is 17.6 Å². The first-order chi connectivity index (χ1) is 13.4. The number of hydrogen-bond acceptors (Lipinski definition) is 7. The molecular formula is C21H23NO5S. The Morgan fingerprint density at radius 1 is 1.32 bits per heavy atom. The molecule has 28 heavy (non-hydrogen) atoms. The lowest BCUT2D eigenvalue weighted by molar-refractivity contribution is -0.150. The van der Waals surface area contributed by atoms with Gasteiger partial charge in [0.25, 0.3) is 0 Å². The Morgan fingerprint density at radius 2 is 2.11 bits per heavy atom. The predicted molar refractivity (Wildman–Crippen MR) is 109 cm³/mol. The fourth-order valence-corrected chi connectivity index (χ4v) is 3.70. The van der Waals surface area contributed by atoms with E-state index in [9.17, 15) is 9.59 Å². The molecule has 7 heteroatoms. The van der Waals surface area contributed by atoms with Crippen LogP contribution in [0.4, 0.5) is 0 Å². The molecule has 0 saturated heterocycles. The van der Waals surface area contributed by atoms with Crippen LogP contribution in [0.2, 0.25) is 0 Å². The molecule has 2 aromatic heterocycles. The maximum Gasteiger partial charge on any atom is 0.347 e. The van der Waals surface area contributed by atoms with Crippen LogP contribution in [-0.2, 0) is 16.0 Å². The maximum atomic E-state index is 13.0.